The molecule has 1 heteroatoms. The maximum Gasteiger partial charge on any atom is 0.134 e. The predicted molar refractivity (Wildman–Crippen MR) is 53.6 cm³/mol. The summed E-state index contributed by atoms with van der Waals surface area (Å²) in [6, 6.07) is 1.91. The molecule has 0 unspecified atom stereocenters. The third-order valence-corrected chi connectivity index (χ3v) is 1.62. The van der Waals surface area contributed by atoms with Gasteiger partial charge in [0.15, 0.2) is 0 Å². The zero-order valence-electron chi connectivity index (χ0n) is 7.26. The van der Waals surface area contributed by atoms with E-state index < -0.39 is 0 Å². The van der Waals surface area contributed by atoms with Crippen LogP contribution >= 0.6 is 0 Å². The van der Waals surface area contributed by atoms with Crippen LogP contribution < -0.4 is 0 Å². The van der Waals surface area contributed by atoms with Crippen LogP contribution in [0.3, 0.4) is 0 Å². The molecule has 62 valence electrons. The summed E-state index contributed by atoms with van der Waals surface area (Å²) in [5.74, 6) is 1.54. The molecule has 1 heterocycles. The Labute approximate surface area is 72.7 Å². The molecule has 1 rings (SSSR count). The van der Waals surface area contributed by atoms with Crippen molar-refractivity contribution < 1.29 is 4.42 Å². The Morgan fingerprint density at radius 3 is 2.42 bits per heavy atom. The first-order valence-electron chi connectivity index (χ1n) is 3.73. The average Bonchev–Trinajstić information content (AvgIpc) is 2.46. The Balaban J connectivity index is 3.22. The van der Waals surface area contributed by atoms with Crippen LogP contribution in [0.1, 0.15) is 24.0 Å². The molecule has 0 atom stereocenters. The number of hydrogen-bond acceptors (Lipinski definition) is 1. The normalized spacial score (nSPS) is 9.42. The topological polar surface area (TPSA) is 13.1 Å². The number of allylic oxidation sites excluding steroid dienone is 1. The Morgan fingerprint density at radius 1 is 1.42 bits per heavy atom. The van der Waals surface area contributed by atoms with Crippen molar-refractivity contribution in [1.82, 2.24) is 0 Å². The molecule has 0 bridgehead atoms. The first kappa shape index (κ1) is 8.60. The lowest BCUT2D eigenvalue weighted by Crippen LogP contribution is -1.66. The summed E-state index contributed by atoms with van der Waals surface area (Å²) in [6.45, 7) is 13.0. The van der Waals surface area contributed by atoms with E-state index in [4.69, 9.17) is 4.42 Å². The average molecular weight is 160 g/mol. The van der Waals surface area contributed by atoms with Gasteiger partial charge in [0.1, 0.15) is 11.5 Å². The van der Waals surface area contributed by atoms with Gasteiger partial charge in [0, 0.05) is 5.56 Å². The summed E-state index contributed by atoms with van der Waals surface area (Å²) in [7, 11) is 0. The minimum Gasteiger partial charge on any atom is -0.456 e. The molecule has 0 saturated carbocycles. The predicted octanol–water partition coefficient (Wildman–Crippen LogP) is 3.60. The van der Waals surface area contributed by atoms with Gasteiger partial charge in [-0.1, -0.05) is 25.8 Å². The van der Waals surface area contributed by atoms with Crippen LogP contribution in [-0.4, -0.2) is 0 Å². The van der Waals surface area contributed by atoms with Gasteiger partial charge < -0.3 is 4.42 Å². The fourth-order valence-electron chi connectivity index (χ4n) is 0.949. The maximum absolute atomic E-state index is 5.43. The smallest absolute Gasteiger partial charge is 0.134 e. The van der Waals surface area contributed by atoms with E-state index in [9.17, 15) is 0 Å². The molecule has 0 fully saturated rings. The summed E-state index contributed by atoms with van der Waals surface area (Å²) < 4.78 is 5.43. The molecule has 0 radical (unpaired) electrons. The summed E-state index contributed by atoms with van der Waals surface area (Å²) in [5, 5.41) is 0. The van der Waals surface area contributed by atoms with Crippen LogP contribution in [0.2, 0.25) is 0 Å². The molecule has 0 aliphatic rings. The van der Waals surface area contributed by atoms with E-state index in [0.717, 1.165) is 22.7 Å². The van der Waals surface area contributed by atoms with Crippen LogP contribution in [0.5, 0.6) is 0 Å². The Hall–Kier alpha value is -1.50. The number of furan rings is 1. The number of rotatable bonds is 3. The van der Waals surface area contributed by atoms with Gasteiger partial charge in [0.2, 0.25) is 0 Å². The Morgan fingerprint density at radius 2 is 2.08 bits per heavy atom. The summed E-state index contributed by atoms with van der Waals surface area (Å²) in [6.07, 6.45) is 3.41. The fourth-order valence-corrected chi connectivity index (χ4v) is 0.949. The van der Waals surface area contributed by atoms with E-state index in [1.54, 1.807) is 12.2 Å². The monoisotopic (exact) mass is 160 g/mol. The molecule has 0 spiro atoms. The molecule has 0 aromatic carbocycles. The quantitative estimate of drug-likeness (QED) is 0.658. The highest BCUT2D eigenvalue weighted by atomic mass is 16.3. The summed E-state index contributed by atoms with van der Waals surface area (Å²) in [4.78, 5) is 0. The highest BCUT2D eigenvalue weighted by Gasteiger charge is 2.05. The van der Waals surface area contributed by atoms with Gasteiger partial charge in [-0.05, 0) is 24.6 Å². The van der Waals surface area contributed by atoms with Crippen molar-refractivity contribution in [2.75, 3.05) is 0 Å². The lowest BCUT2D eigenvalue weighted by molar-refractivity contribution is 0.543. The van der Waals surface area contributed by atoms with E-state index in [0.29, 0.717) is 0 Å². The second-order valence-electron chi connectivity index (χ2n) is 2.62. The molecule has 12 heavy (non-hydrogen) atoms. The largest absolute Gasteiger partial charge is 0.456 e. The molecular formula is C11H12O. The van der Waals surface area contributed by atoms with Crippen LogP contribution in [0, 0.1) is 0 Å². The molecule has 0 N–H and O–H groups in total. The second kappa shape index (κ2) is 3.26. The third kappa shape index (κ3) is 1.40. The van der Waals surface area contributed by atoms with Gasteiger partial charge in [0.25, 0.3) is 0 Å². The Kier molecular flexibility index (Phi) is 2.34. The number of hydrogen-bond donors (Lipinski definition) is 0. The van der Waals surface area contributed by atoms with Gasteiger partial charge in [-0.2, -0.15) is 0 Å². The molecule has 1 aromatic heterocycles. The van der Waals surface area contributed by atoms with Gasteiger partial charge in [0.05, 0.1) is 0 Å². The van der Waals surface area contributed by atoms with Gasteiger partial charge in [-0.15, -0.1) is 0 Å². The SMILES string of the molecule is C=Cc1cc(C(=C)C)oc1C=C. The third-order valence-electron chi connectivity index (χ3n) is 1.62. The molecule has 0 aliphatic heterocycles. The second-order valence-corrected chi connectivity index (χ2v) is 2.62. The highest BCUT2D eigenvalue weighted by molar-refractivity contribution is 5.66. The lowest BCUT2D eigenvalue weighted by Gasteiger charge is -1.89. The standard InChI is InChI=1S/C11H12O/c1-5-9-7-11(8(3)4)12-10(9)6-2/h5-7H,1-3H2,4H3. The maximum atomic E-state index is 5.43. The van der Waals surface area contributed by atoms with Crippen molar-refractivity contribution in [3.63, 3.8) is 0 Å². The fraction of sp³-hybridized carbons (Fsp3) is 0.0909. The zero-order chi connectivity index (χ0) is 9.14. The minimum atomic E-state index is 0.753. The first-order valence-corrected chi connectivity index (χ1v) is 3.73. The van der Waals surface area contributed by atoms with E-state index >= 15 is 0 Å². The molecule has 0 amide bonds. The molecule has 0 aliphatic carbocycles. The van der Waals surface area contributed by atoms with Crippen LogP contribution in [0.15, 0.2) is 30.2 Å². The molecular weight excluding hydrogens is 148 g/mol. The van der Waals surface area contributed by atoms with E-state index in [1.165, 1.54) is 0 Å². The van der Waals surface area contributed by atoms with E-state index in [2.05, 4.69) is 19.7 Å². The van der Waals surface area contributed by atoms with Crippen LogP contribution in [0.4, 0.5) is 0 Å². The molecule has 1 nitrogen and oxygen atoms in total. The first-order chi connectivity index (χ1) is 5.69. The van der Waals surface area contributed by atoms with E-state index in [1.807, 2.05) is 13.0 Å². The van der Waals surface area contributed by atoms with Crippen molar-refractivity contribution in [1.29, 1.82) is 0 Å². The van der Waals surface area contributed by atoms with Crippen molar-refractivity contribution in [2.24, 2.45) is 0 Å². The van der Waals surface area contributed by atoms with Gasteiger partial charge in [-0.25, -0.2) is 0 Å². The van der Waals surface area contributed by atoms with Crippen molar-refractivity contribution in [3.05, 3.63) is 42.9 Å². The van der Waals surface area contributed by atoms with Gasteiger partial charge in [-0.3, -0.25) is 0 Å². The minimum absolute atomic E-state index is 0.753. The summed E-state index contributed by atoms with van der Waals surface area (Å²) >= 11 is 0. The van der Waals surface area contributed by atoms with Crippen molar-refractivity contribution in [2.45, 2.75) is 6.92 Å². The van der Waals surface area contributed by atoms with Crippen molar-refractivity contribution in [3.8, 4) is 0 Å². The van der Waals surface area contributed by atoms with Crippen LogP contribution in [-0.2, 0) is 0 Å². The summed E-state index contributed by atoms with van der Waals surface area (Å²) in [5.41, 5.74) is 1.87. The Bertz CT molecular complexity index is 303. The zero-order valence-corrected chi connectivity index (χ0v) is 7.26. The highest BCUT2D eigenvalue weighted by Crippen LogP contribution is 2.22. The van der Waals surface area contributed by atoms with E-state index in [-0.39, 0.29) is 0 Å². The van der Waals surface area contributed by atoms with Crippen LogP contribution in [0.25, 0.3) is 17.7 Å². The van der Waals surface area contributed by atoms with Gasteiger partial charge >= 0.3 is 0 Å². The molecule has 1 aromatic rings. The molecule has 0 saturated heterocycles. The lowest BCUT2D eigenvalue weighted by atomic mass is 10.2. The van der Waals surface area contributed by atoms with Crippen molar-refractivity contribution >= 4 is 17.7 Å².